The second kappa shape index (κ2) is 12.4. The van der Waals surface area contributed by atoms with Crippen LogP contribution in [0.1, 0.15) is 6.92 Å². The summed E-state index contributed by atoms with van der Waals surface area (Å²) in [7, 11) is 0. The Morgan fingerprint density at radius 1 is 1.18 bits per heavy atom. The Labute approximate surface area is 120 Å². The van der Waals surface area contributed by atoms with E-state index in [2.05, 4.69) is 0 Å². The monoisotopic (exact) mass is 263 g/mol. The molecule has 0 saturated carbocycles. The number of hydrogen-bond acceptors (Lipinski definition) is 7. The molecule has 4 atom stereocenters. The summed E-state index contributed by atoms with van der Waals surface area (Å²) in [5.41, 5.74) is 0. The summed E-state index contributed by atoms with van der Waals surface area (Å²) in [5, 5.41) is 51.0. The van der Waals surface area contributed by atoms with E-state index in [0.717, 1.165) is 6.92 Å². The van der Waals surface area contributed by atoms with Gasteiger partial charge in [0.25, 0.3) is 5.97 Å². The Kier molecular flexibility index (Phi) is 16.2. The second-order valence-corrected chi connectivity index (χ2v) is 2.88. The molecule has 6 N–H and O–H groups in total. The van der Waals surface area contributed by atoms with E-state index < -0.39 is 37.0 Å². The minimum Gasteiger partial charge on any atom is -0.481 e. The van der Waals surface area contributed by atoms with E-state index in [-0.39, 0.29) is 35.8 Å². The van der Waals surface area contributed by atoms with Crippen molar-refractivity contribution in [2.45, 2.75) is 31.3 Å². The molecule has 0 bridgehead atoms. The molecule has 1 radical (unpaired) electrons. The van der Waals surface area contributed by atoms with Gasteiger partial charge in [-0.05, 0) is 0 Å². The predicted octanol–water partition coefficient (Wildman–Crippen LogP) is -3.67. The summed E-state index contributed by atoms with van der Waals surface area (Å²) >= 11 is 0. The van der Waals surface area contributed by atoms with Crippen molar-refractivity contribution < 1.29 is 40.2 Å². The quantitative estimate of drug-likeness (QED) is 0.219. The van der Waals surface area contributed by atoms with E-state index in [1.54, 1.807) is 0 Å². The largest absolute Gasteiger partial charge is 0.481 e. The van der Waals surface area contributed by atoms with Gasteiger partial charge in [-0.25, -0.2) is 0 Å². The van der Waals surface area contributed by atoms with Gasteiger partial charge in [0.2, 0.25) is 0 Å². The number of rotatable bonds is 5. The predicted molar refractivity (Wildman–Crippen MR) is 56.2 cm³/mol. The number of aliphatic carboxylic acids is 1. The van der Waals surface area contributed by atoms with Crippen molar-refractivity contribution in [3.63, 3.8) is 0 Å². The third-order valence-electron chi connectivity index (χ3n) is 1.42. The first-order valence-corrected chi connectivity index (χ1v) is 4.25. The van der Waals surface area contributed by atoms with E-state index in [1.165, 1.54) is 0 Å². The minimum atomic E-state index is -1.79. The molecule has 0 rings (SSSR count). The van der Waals surface area contributed by atoms with Gasteiger partial charge in [0, 0.05) is 36.5 Å². The molecule has 0 saturated heterocycles. The van der Waals surface area contributed by atoms with E-state index in [1.807, 2.05) is 0 Å². The molecule has 0 aliphatic heterocycles. The Hall–Kier alpha value is -0.0600. The summed E-state index contributed by atoms with van der Waals surface area (Å²) in [4.78, 5) is 18.9. The molecule has 17 heavy (non-hydrogen) atoms. The Morgan fingerprint density at radius 2 is 1.53 bits per heavy atom. The van der Waals surface area contributed by atoms with Crippen LogP contribution in [0, 0.1) is 0 Å². The number of carbonyl (C=O) groups is 2. The molecule has 0 aliphatic rings. The number of carbonyl (C=O) groups excluding carboxylic acids is 1. The standard InChI is InChI=1S/C6H12O6.C2H4O2.Na/c7-1-3(9)5(11)6(12)4(10)2-8;1-2(3)4;/h1,3-6,8-12H,2H2;1H3,(H,3,4);/t3-,4+,5+,6+;;/m0../s1. The summed E-state index contributed by atoms with van der Waals surface area (Å²) in [6.45, 7) is 0.323. The van der Waals surface area contributed by atoms with Gasteiger partial charge in [-0.2, -0.15) is 0 Å². The van der Waals surface area contributed by atoms with Gasteiger partial charge in [-0.3, -0.25) is 4.79 Å². The van der Waals surface area contributed by atoms with Gasteiger partial charge in [0.1, 0.15) is 24.4 Å². The fourth-order valence-electron chi connectivity index (χ4n) is 0.618. The minimum absolute atomic E-state index is 0. The van der Waals surface area contributed by atoms with Gasteiger partial charge in [0.05, 0.1) is 6.61 Å². The third kappa shape index (κ3) is 12.2. The van der Waals surface area contributed by atoms with Gasteiger partial charge in [0.15, 0.2) is 6.29 Å². The van der Waals surface area contributed by atoms with Crippen LogP contribution in [0.3, 0.4) is 0 Å². The molecule has 97 valence electrons. The van der Waals surface area contributed by atoms with Crippen molar-refractivity contribution in [2.75, 3.05) is 6.61 Å². The maximum absolute atomic E-state index is 9.90. The Bertz CT molecular complexity index is 208. The fourth-order valence-corrected chi connectivity index (χ4v) is 0.618. The molecular weight excluding hydrogens is 247 g/mol. The molecule has 0 aromatic carbocycles. The van der Waals surface area contributed by atoms with Crippen molar-refractivity contribution >= 4 is 41.8 Å². The van der Waals surface area contributed by atoms with E-state index in [0.29, 0.717) is 0 Å². The number of aldehydes is 1. The Morgan fingerprint density at radius 3 is 1.76 bits per heavy atom. The van der Waals surface area contributed by atoms with Crippen LogP contribution in [0.4, 0.5) is 0 Å². The van der Waals surface area contributed by atoms with Gasteiger partial charge in [-0.15, -0.1) is 0 Å². The molecule has 8 nitrogen and oxygen atoms in total. The maximum Gasteiger partial charge on any atom is 0.300 e. The van der Waals surface area contributed by atoms with E-state index in [9.17, 15) is 4.79 Å². The first kappa shape index (κ1) is 22.1. The Balaban J connectivity index is -0.000000340. The molecule has 0 aromatic rings. The van der Waals surface area contributed by atoms with Crippen LogP contribution in [-0.4, -0.2) is 103 Å². The van der Waals surface area contributed by atoms with Crippen LogP contribution >= 0.6 is 0 Å². The van der Waals surface area contributed by atoms with Crippen LogP contribution < -0.4 is 0 Å². The average molecular weight is 263 g/mol. The topological polar surface area (TPSA) is 156 Å². The average Bonchev–Trinajstić information content (AvgIpc) is 2.24. The first-order chi connectivity index (χ1) is 7.27. The molecular formula is C8H16NaO8. The van der Waals surface area contributed by atoms with Crippen LogP contribution in [-0.2, 0) is 9.59 Å². The SMILES string of the molecule is CC(=O)O.O=C[C@H](O)[C@@H](O)[C@H](O)[C@H](O)CO.[Na]. The first-order valence-electron chi connectivity index (χ1n) is 4.25. The van der Waals surface area contributed by atoms with Crippen LogP contribution in [0.2, 0.25) is 0 Å². The number of aliphatic hydroxyl groups excluding tert-OH is 5. The number of carboxylic acid groups (broad SMARTS) is 1. The zero-order valence-electron chi connectivity index (χ0n) is 9.59. The van der Waals surface area contributed by atoms with Crippen molar-refractivity contribution in [3.8, 4) is 0 Å². The zero-order valence-corrected chi connectivity index (χ0v) is 11.6. The molecule has 0 aliphatic carbocycles. The molecule has 0 fully saturated rings. The van der Waals surface area contributed by atoms with Gasteiger partial charge < -0.3 is 35.4 Å². The molecule has 0 spiro atoms. The smallest absolute Gasteiger partial charge is 0.300 e. The molecule has 9 heteroatoms. The normalized spacial score (nSPS) is 16.4. The van der Waals surface area contributed by atoms with E-state index >= 15 is 0 Å². The molecule has 0 heterocycles. The summed E-state index contributed by atoms with van der Waals surface area (Å²) < 4.78 is 0. The maximum atomic E-state index is 9.90. The molecule has 0 amide bonds. The summed E-state index contributed by atoms with van der Waals surface area (Å²) in [6.07, 6.45) is -6.84. The number of carboxylic acids is 1. The summed E-state index contributed by atoms with van der Waals surface area (Å²) in [6, 6.07) is 0. The second-order valence-electron chi connectivity index (χ2n) is 2.88. The number of hydrogen-bond donors (Lipinski definition) is 6. The van der Waals surface area contributed by atoms with Crippen molar-refractivity contribution in [3.05, 3.63) is 0 Å². The van der Waals surface area contributed by atoms with E-state index in [4.69, 9.17) is 35.4 Å². The van der Waals surface area contributed by atoms with Crippen molar-refractivity contribution in [1.29, 1.82) is 0 Å². The van der Waals surface area contributed by atoms with Gasteiger partial charge in [-0.1, -0.05) is 0 Å². The molecule has 0 unspecified atom stereocenters. The van der Waals surface area contributed by atoms with Crippen LogP contribution in [0.5, 0.6) is 0 Å². The fraction of sp³-hybridized carbons (Fsp3) is 0.750. The van der Waals surface area contributed by atoms with Crippen molar-refractivity contribution in [1.82, 2.24) is 0 Å². The third-order valence-corrected chi connectivity index (χ3v) is 1.42. The number of aliphatic hydroxyl groups is 5. The van der Waals surface area contributed by atoms with Crippen molar-refractivity contribution in [2.24, 2.45) is 0 Å². The summed E-state index contributed by atoms with van der Waals surface area (Å²) in [5.74, 6) is -0.833. The van der Waals surface area contributed by atoms with Crippen LogP contribution in [0.15, 0.2) is 0 Å². The van der Waals surface area contributed by atoms with Crippen LogP contribution in [0.25, 0.3) is 0 Å². The molecule has 0 aromatic heterocycles. The van der Waals surface area contributed by atoms with Gasteiger partial charge >= 0.3 is 0 Å². The zero-order chi connectivity index (χ0) is 13.3.